The van der Waals surface area contributed by atoms with Crippen LogP contribution in [0.15, 0.2) is 17.5 Å². The first-order chi connectivity index (χ1) is 8.10. The second kappa shape index (κ2) is 5.19. The lowest BCUT2D eigenvalue weighted by Crippen LogP contribution is -2.44. The molecular formula is C13H20N2OS. The zero-order valence-electron chi connectivity index (χ0n) is 10.5. The Morgan fingerprint density at radius 1 is 1.65 bits per heavy atom. The molecule has 0 radical (unpaired) electrons. The summed E-state index contributed by atoms with van der Waals surface area (Å²) in [6.45, 7) is 5.79. The Bertz CT molecular complexity index is 367. The maximum atomic E-state index is 12.2. The first-order valence-electron chi connectivity index (χ1n) is 6.16. The molecular weight excluding hydrogens is 232 g/mol. The van der Waals surface area contributed by atoms with E-state index in [2.05, 4.69) is 10.6 Å². The lowest BCUT2D eigenvalue weighted by molar-refractivity contribution is -0.125. The van der Waals surface area contributed by atoms with Gasteiger partial charge in [0.05, 0.1) is 5.41 Å². The van der Waals surface area contributed by atoms with Gasteiger partial charge in [0.1, 0.15) is 0 Å². The van der Waals surface area contributed by atoms with Crippen LogP contribution < -0.4 is 10.6 Å². The minimum Gasteiger partial charge on any atom is -0.354 e. The summed E-state index contributed by atoms with van der Waals surface area (Å²) in [5.74, 6) is 0.119. The molecule has 1 aromatic rings. The van der Waals surface area contributed by atoms with Crippen molar-refractivity contribution < 1.29 is 4.79 Å². The van der Waals surface area contributed by atoms with E-state index < -0.39 is 5.41 Å². The number of hydrogen-bond acceptors (Lipinski definition) is 3. The maximum Gasteiger partial charge on any atom is 0.230 e. The van der Waals surface area contributed by atoms with Gasteiger partial charge >= 0.3 is 0 Å². The fraction of sp³-hybridized carbons (Fsp3) is 0.615. The summed E-state index contributed by atoms with van der Waals surface area (Å²) >= 11 is 1.64. The van der Waals surface area contributed by atoms with Gasteiger partial charge in [-0.2, -0.15) is 0 Å². The molecule has 1 aliphatic heterocycles. The molecule has 1 fully saturated rings. The second-order valence-electron chi connectivity index (χ2n) is 5.11. The van der Waals surface area contributed by atoms with Crippen LogP contribution in [0.1, 0.15) is 31.6 Å². The Balaban J connectivity index is 1.90. The summed E-state index contributed by atoms with van der Waals surface area (Å²) in [6, 6.07) is 4.48. The highest BCUT2D eigenvalue weighted by Crippen LogP contribution is 2.27. The highest BCUT2D eigenvalue weighted by molar-refractivity contribution is 7.10. The van der Waals surface area contributed by atoms with Crippen molar-refractivity contribution in [3.8, 4) is 0 Å². The first-order valence-corrected chi connectivity index (χ1v) is 7.04. The molecule has 2 N–H and O–H groups in total. The summed E-state index contributed by atoms with van der Waals surface area (Å²) in [7, 11) is 0. The van der Waals surface area contributed by atoms with Gasteiger partial charge in [-0.3, -0.25) is 4.79 Å². The number of rotatable bonds is 4. The quantitative estimate of drug-likeness (QED) is 0.859. The predicted octanol–water partition coefficient (Wildman–Crippen LogP) is 1.89. The normalized spacial score (nSPS) is 20.5. The van der Waals surface area contributed by atoms with Crippen molar-refractivity contribution in [1.82, 2.24) is 10.6 Å². The highest BCUT2D eigenvalue weighted by atomic mass is 32.1. The number of amides is 1. The summed E-state index contributed by atoms with van der Waals surface area (Å²) in [4.78, 5) is 13.3. The highest BCUT2D eigenvalue weighted by Gasteiger charge is 2.31. The molecule has 0 saturated carbocycles. The Morgan fingerprint density at radius 3 is 3.06 bits per heavy atom. The molecule has 0 spiro atoms. The average Bonchev–Trinajstić information content (AvgIpc) is 2.98. The van der Waals surface area contributed by atoms with Crippen LogP contribution in [-0.2, 0) is 10.2 Å². The van der Waals surface area contributed by atoms with Gasteiger partial charge in [-0.1, -0.05) is 6.07 Å². The van der Waals surface area contributed by atoms with Crippen molar-refractivity contribution in [3.05, 3.63) is 22.4 Å². The minimum atomic E-state index is -0.424. The number of thiophene rings is 1. The second-order valence-corrected chi connectivity index (χ2v) is 6.05. The molecule has 2 heterocycles. The molecule has 1 amide bonds. The van der Waals surface area contributed by atoms with Gasteiger partial charge in [0, 0.05) is 17.5 Å². The van der Waals surface area contributed by atoms with Crippen molar-refractivity contribution in [2.75, 3.05) is 13.1 Å². The monoisotopic (exact) mass is 252 g/mol. The molecule has 0 bridgehead atoms. The Hall–Kier alpha value is -0.870. The van der Waals surface area contributed by atoms with Crippen molar-refractivity contribution in [1.29, 1.82) is 0 Å². The molecule has 1 atom stereocenters. The first kappa shape index (κ1) is 12.6. The number of carbonyl (C=O) groups excluding carboxylic acids is 1. The SMILES string of the molecule is CC(C)(C(=O)NCC1CCCN1)c1cccs1. The zero-order chi connectivity index (χ0) is 12.3. The van der Waals surface area contributed by atoms with Gasteiger partial charge in [0.2, 0.25) is 5.91 Å². The van der Waals surface area contributed by atoms with Crippen LogP contribution in [-0.4, -0.2) is 25.0 Å². The number of hydrogen-bond donors (Lipinski definition) is 2. The van der Waals surface area contributed by atoms with Crippen molar-refractivity contribution in [2.24, 2.45) is 0 Å². The standard InChI is InChI=1S/C13H20N2OS/c1-13(2,11-6-4-8-17-11)12(16)15-9-10-5-3-7-14-10/h4,6,8,10,14H,3,5,7,9H2,1-2H3,(H,15,16). The molecule has 1 aromatic heterocycles. The molecule has 0 aromatic carbocycles. The molecule has 3 nitrogen and oxygen atoms in total. The van der Waals surface area contributed by atoms with E-state index in [0.29, 0.717) is 6.04 Å². The fourth-order valence-electron chi connectivity index (χ4n) is 2.11. The molecule has 4 heteroatoms. The van der Waals surface area contributed by atoms with Gasteiger partial charge in [0.15, 0.2) is 0 Å². The third-order valence-electron chi connectivity index (χ3n) is 3.38. The van der Waals surface area contributed by atoms with Crippen LogP contribution in [0.3, 0.4) is 0 Å². The van der Waals surface area contributed by atoms with E-state index >= 15 is 0 Å². The van der Waals surface area contributed by atoms with E-state index in [-0.39, 0.29) is 5.91 Å². The molecule has 2 rings (SSSR count). The van der Waals surface area contributed by atoms with Crippen molar-refractivity contribution >= 4 is 17.2 Å². The molecule has 1 unspecified atom stereocenters. The molecule has 1 aliphatic rings. The summed E-state index contributed by atoms with van der Waals surface area (Å²) in [5, 5.41) is 8.46. The van der Waals surface area contributed by atoms with Gasteiger partial charge in [0.25, 0.3) is 0 Å². The van der Waals surface area contributed by atoms with Gasteiger partial charge in [-0.25, -0.2) is 0 Å². The topological polar surface area (TPSA) is 41.1 Å². The van der Waals surface area contributed by atoms with E-state index in [4.69, 9.17) is 0 Å². The third kappa shape index (κ3) is 2.87. The zero-order valence-corrected chi connectivity index (χ0v) is 11.3. The van der Waals surface area contributed by atoms with E-state index in [9.17, 15) is 4.79 Å². The Labute approximate surface area is 107 Å². The van der Waals surface area contributed by atoms with Gasteiger partial charge in [-0.15, -0.1) is 11.3 Å². The minimum absolute atomic E-state index is 0.119. The lowest BCUT2D eigenvalue weighted by Gasteiger charge is -2.23. The Morgan fingerprint density at radius 2 is 2.47 bits per heavy atom. The molecule has 94 valence electrons. The van der Waals surface area contributed by atoms with E-state index in [1.807, 2.05) is 31.4 Å². The average molecular weight is 252 g/mol. The summed E-state index contributed by atoms with van der Waals surface area (Å²) in [5.41, 5.74) is -0.424. The van der Waals surface area contributed by atoms with Crippen LogP contribution >= 0.6 is 11.3 Å². The Kier molecular flexibility index (Phi) is 3.84. The third-order valence-corrected chi connectivity index (χ3v) is 4.57. The van der Waals surface area contributed by atoms with Crippen LogP contribution in [0, 0.1) is 0 Å². The molecule has 0 aliphatic carbocycles. The van der Waals surface area contributed by atoms with Crippen LogP contribution in [0.25, 0.3) is 0 Å². The predicted molar refractivity (Wildman–Crippen MR) is 71.4 cm³/mol. The van der Waals surface area contributed by atoms with Crippen molar-refractivity contribution in [3.63, 3.8) is 0 Å². The largest absolute Gasteiger partial charge is 0.354 e. The smallest absolute Gasteiger partial charge is 0.230 e. The molecule has 1 saturated heterocycles. The van der Waals surface area contributed by atoms with E-state index in [1.54, 1.807) is 11.3 Å². The molecule has 17 heavy (non-hydrogen) atoms. The summed E-state index contributed by atoms with van der Waals surface area (Å²) < 4.78 is 0. The fourth-order valence-corrected chi connectivity index (χ4v) is 2.96. The number of nitrogens with one attached hydrogen (secondary N) is 2. The summed E-state index contributed by atoms with van der Waals surface area (Å²) in [6.07, 6.45) is 2.38. The van der Waals surface area contributed by atoms with Gasteiger partial charge in [-0.05, 0) is 44.7 Å². The van der Waals surface area contributed by atoms with E-state index in [1.165, 1.54) is 12.8 Å². The van der Waals surface area contributed by atoms with E-state index in [0.717, 1.165) is 18.0 Å². The van der Waals surface area contributed by atoms with Crippen LogP contribution in [0.4, 0.5) is 0 Å². The van der Waals surface area contributed by atoms with Gasteiger partial charge < -0.3 is 10.6 Å². The van der Waals surface area contributed by atoms with Crippen LogP contribution in [0.2, 0.25) is 0 Å². The maximum absolute atomic E-state index is 12.2. The van der Waals surface area contributed by atoms with Crippen molar-refractivity contribution in [2.45, 2.75) is 38.1 Å². The lowest BCUT2D eigenvalue weighted by atomic mass is 9.90. The number of carbonyl (C=O) groups is 1. The van der Waals surface area contributed by atoms with Crippen LogP contribution in [0.5, 0.6) is 0 Å².